The van der Waals surface area contributed by atoms with Gasteiger partial charge in [-0.05, 0) is 39.8 Å². The molecule has 1 aliphatic heterocycles. The molecule has 5 nitrogen and oxygen atoms in total. The van der Waals surface area contributed by atoms with E-state index in [2.05, 4.69) is 17.1 Å². The molecule has 0 aliphatic carbocycles. The van der Waals surface area contributed by atoms with Crippen molar-refractivity contribution in [3.8, 4) is 0 Å². The first-order chi connectivity index (χ1) is 9.11. The van der Waals surface area contributed by atoms with E-state index >= 15 is 0 Å². The van der Waals surface area contributed by atoms with Crippen molar-refractivity contribution in [2.45, 2.75) is 51.7 Å². The van der Waals surface area contributed by atoms with Gasteiger partial charge in [0.25, 0.3) is 0 Å². The number of aliphatic hydroxyl groups is 1. The third-order valence-corrected chi connectivity index (χ3v) is 3.39. The lowest BCUT2D eigenvalue weighted by molar-refractivity contribution is -0.145. The molecule has 1 aliphatic rings. The Balaban J connectivity index is 2.11. The summed E-state index contributed by atoms with van der Waals surface area (Å²) < 4.78 is 4.81. The van der Waals surface area contributed by atoms with Gasteiger partial charge in [0.15, 0.2) is 0 Å². The fraction of sp³-hybridized carbons (Fsp3) is 0.929. The second kappa shape index (κ2) is 9.28. The van der Waals surface area contributed by atoms with Crippen LogP contribution in [0.15, 0.2) is 0 Å². The molecule has 0 aromatic heterocycles. The first kappa shape index (κ1) is 16.4. The predicted molar refractivity (Wildman–Crippen MR) is 75.0 cm³/mol. The molecule has 0 aromatic rings. The normalized spacial score (nSPS) is 19.9. The van der Waals surface area contributed by atoms with E-state index in [1.165, 1.54) is 32.4 Å². The van der Waals surface area contributed by atoms with Crippen LogP contribution in [0.25, 0.3) is 0 Å². The van der Waals surface area contributed by atoms with Crippen LogP contribution in [0.5, 0.6) is 0 Å². The van der Waals surface area contributed by atoms with Crippen LogP contribution in [0.2, 0.25) is 0 Å². The average molecular weight is 272 g/mol. The van der Waals surface area contributed by atoms with Gasteiger partial charge in [-0.3, -0.25) is 4.79 Å². The highest BCUT2D eigenvalue weighted by molar-refractivity contribution is 5.69. The number of likely N-dealkylation sites (tertiary alicyclic amines) is 1. The van der Waals surface area contributed by atoms with E-state index in [1.807, 2.05) is 0 Å². The van der Waals surface area contributed by atoms with Crippen molar-refractivity contribution in [1.82, 2.24) is 10.2 Å². The summed E-state index contributed by atoms with van der Waals surface area (Å²) in [5.74, 6) is -0.333. The summed E-state index contributed by atoms with van der Waals surface area (Å²) in [6.07, 6.45) is 3.33. The quantitative estimate of drug-likeness (QED) is 0.639. The lowest BCUT2D eigenvalue weighted by atomic mass is 10.1. The Morgan fingerprint density at radius 3 is 2.68 bits per heavy atom. The van der Waals surface area contributed by atoms with Crippen LogP contribution in [0.3, 0.4) is 0 Å². The number of aliphatic hydroxyl groups excluding tert-OH is 1. The fourth-order valence-corrected chi connectivity index (χ4v) is 2.42. The van der Waals surface area contributed by atoms with Gasteiger partial charge in [0.2, 0.25) is 0 Å². The second-order valence-corrected chi connectivity index (χ2v) is 5.33. The van der Waals surface area contributed by atoms with Crippen LogP contribution in [-0.4, -0.2) is 60.9 Å². The third-order valence-electron chi connectivity index (χ3n) is 3.39. The molecule has 1 saturated heterocycles. The van der Waals surface area contributed by atoms with E-state index < -0.39 is 6.10 Å². The Bertz CT molecular complexity index is 255. The molecule has 1 rings (SSSR count). The van der Waals surface area contributed by atoms with Crippen molar-refractivity contribution >= 4 is 5.97 Å². The number of piperidine rings is 1. The summed E-state index contributed by atoms with van der Waals surface area (Å²) in [6, 6.07) is 0.329. The molecule has 0 spiro atoms. The predicted octanol–water partition coefficient (Wildman–Crippen LogP) is 0.765. The molecule has 0 radical (unpaired) electrons. The summed E-state index contributed by atoms with van der Waals surface area (Å²) in [6.45, 7) is 8.05. The van der Waals surface area contributed by atoms with E-state index in [9.17, 15) is 9.90 Å². The van der Waals surface area contributed by atoms with Crippen molar-refractivity contribution < 1.29 is 14.6 Å². The number of hydrogen-bond donors (Lipinski definition) is 2. The van der Waals surface area contributed by atoms with Crippen LogP contribution in [0.4, 0.5) is 0 Å². The Hall–Kier alpha value is -0.650. The van der Waals surface area contributed by atoms with Crippen LogP contribution < -0.4 is 5.32 Å². The highest BCUT2D eigenvalue weighted by atomic mass is 16.5. The lowest BCUT2D eigenvalue weighted by Gasteiger charge is -2.29. The minimum Gasteiger partial charge on any atom is -0.466 e. The van der Waals surface area contributed by atoms with E-state index in [1.54, 1.807) is 6.92 Å². The SMILES string of the molecule is CCOC(=O)CC(O)CNC(C)CN1CCCCC1. The van der Waals surface area contributed by atoms with Crippen LogP contribution in [-0.2, 0) is 9.53 Å². The standard InChI is InChI=1S/C14H28N2O3/c1-3-19-14(18)9-13(17)10-15-12(2)11-16-7-5-4-6-8-16/h12-13,15,17H,3-11H2,1-2H3. The fourth-order valence-electron chi connectivity index (χ4n) is 2.42. The molecule has 2 N–H and O–H groups in total. The minimum atomic E-state index is -0.664. The van der Waals surface area contributed by atoms with Gasteiger partial charge >= 0.3 is 5.97 Å². The summed E-state index contributed by atoms with van der Waals surface area (Å²) in [5, 5.41) is 13.0. The van der Waals surface area contributed by atoms with Gasteiger partial charge in [-0.2, -0.15) is 0 Å². The summed E-state index contributed by atoms with van der Waals surface area (Å²) >= 11 is 0. The summed E-state index contributed by atoms with van der Waals surface area (Å²) in [7, 11) is 0. The molecule has 0 saturated carbocycles. The molecule has 0 aromatic carbocycles. The molecular weight excluding hydrogens is 244 g/mol. The van der Waals surface area contributed by atoms with Crippen molar-refractivity contribution in [3.05, 3.63) is 0 Å². The zero-order chi connectivity index (χ0) is 14.1. The van der Waals surface area contributed by atoms with Crippen molar-refractivity contribution in [3.63, 3.8) is 0 Å². The maximum Gasteiger partial charge on any atom is 0.308 e. The van der Waals surface area contributed by atoms with Crippen LogP contribution >= 0.6 is 0 Å². The number of rotatable bonds is 8. The summed E-state index contributed by atoms with van der Waals surface area (Å²) in [5.41, 5.74) is 0. The molecule has 2 unspecified atom stereocenters. The van der Waals surface area contributed by atoms with Crippen LogP contribution in [0, 0.1) is 0 Å². The lowest BCUT2D eigenvalue weighted by Crippen LogP contribution is -2.44. The molecular formula is C14H28N2O3. The van der Waals surface area contributed by atoms with Crippen molar-refractivity contribution in [2.24, 2.45) is 0 Å². The minimum absolute atomic E-state index is 0.0667. The number of ether oxygens (including phenoxy) is 1. The second-order valence-electron chi connectivity index (χ2n) is 5.33. The maximum absolute atomic E-state index is 11.2. The Labute approximate surface area is 116 Å². The van der Waals surface area contributed by atoms with E-state index in [0.29, 0.717) is 19.2 Å². The first-order valence-electron chi connectivity index (χ1n) is 7.41. The molecule has 1 heterocycles. The molecule has 5 heteroatoms. The third kappa shape index (κ3) is 7.50. The van der Waals surface area contributed by atoms with Gasteiger partial charge in [0.05, 0.1) is 19.1 Å². The molecule has 0 amide bonds. The number of nitrogens with one attached hydrogen (secondary N) is 1. The Morgan fingerprint density at radius 1 is 1.37 bits per heavy atom. The largest absolute Gasteiger partial charge is 0.466 e. The molecule has 0 bridgehead atoms. The van der Waals surface area contributed by atoms with Gasteiger partial charge in [-0.15, -0.1) is 0 Å². The molecule has 112 valence electrons. The number of nitrogens with zero attached hydrogens (tertiary/aromatic N) is 1. The van der Waals surface area contributed by atoms with Gasteiger partial charge < -0.3 is 20.1 Å². The van der Waals surface area contributed by atoms with E-state index in [0.717, 1.165) is 6.54 Å². The van der Waals surface area contributed by atoms with Gasteiger partial charge in [-0.1, -0.05) is 6.42 Å². The number of carbonyl (C=O) groups is 1. The molecule has 19 heavy (non-hydrogen) atoms. The maximum atomic E-state index is 11.2. The van der Waals surface area contributed by atoms with Gasteiger partial charge in [-0.25, -0.2) is 0 Å². The smallest absolute Gasteiger partial charge is 0.308 e. The van der Waals surface area contributed by atoms with E-state index in [4.69, 9.17) is 4.74 Å². The summed E-state index contributed by atoms with van der Waals surface area (Å²) in [4.78, 5) is 13.7. The Morgan fingerprint density at radius 2 is 2.05 bits per heavy atom. The highest BCUT2D eigenvalue weighted by Gasteiger charge is 2.15. The monoisotopic (exact) mass is 272 g/mol. The molecule has 2 atom stereocenters. The van der Waals surface area contributed by atoms with Crippen molar-refractivity contribution in [1.29, 1.82) is 0 Å². The Kier molecular flexibility index (Phi) is 8.02. The first-order valence-corrected chi connectivity index (χ1v) is 7.41. The zero-order valence-electron chi connectivity index (χ0n) is 12.2. The van der Waals surface area contributed by atoms with Gasteiger partial charge in [0.1, 0.15) is 0 Å². The number of hydrogen-bond acceptors (Lipinski definition) is 5. The zero-order valence-corrected chi connectivity index (χ0v) is 12.2. The van der Waals surface area contributed by atoms with Gasteiger partial charge in [0, 0.05) is 19.1 Å². The topological polar surface area (TPSA) is 61.8 Å². The highest BCUT2D eigenvalue weighted by Crippen LogP contribution is 2.08. The van der Waals surface area contributed by atoms with Crippen LogP contribution in [0.1, 0.15) is 39.5 Å². The van der Waals surface area contributed by atoms with Crippen molar-refractivity contribution in [2.75, 3.05) is 32.8 Å². The number of carbonyl (C=O) groups excluding carboxylic acids is 1. The number of esters is 1. The average Bonchev–Trinajstić information content (AvgIpc) is 2.38. The van der Waals surface area contributed by atoms with E-state index in [-0.39, 0.29) is 12.4 Å². The molecule has 1 fully saturated rings.